The lowest BCUT2D eigenvalue weighted by Gasteiger charge is -2.09. The Morgan fingerprint density at radius 2 is 2.00 bits per heavy atom. The van der Waals surface area contributed by atoms with Gasteiger partial charge in [-0.25, -0.2) is 4.68 Å². The molecule has 0 aliphatic heterocycles. The first-order chi connectivity index (χ1) is 9.95. The van der Waals surface area contributed by atoms with E-state index in [1.165, 1.54) is 16.3 Å². The lowest BCUT2D eigenvalue weighted by molar-refractivity contribution is -0.113. The first-order valence-corrected chi connectivity index (χ1v) is 6.89. The molecule has 0 radical (unpaired) electrons. The Labute approximate surface area is 129 Å². The van der Waals surface area contributed by atoms with Gasteiger partial charge in [-0.3, -0.25) is 4.79 Å². The summed E-state index contributed by atoms with van der Waals surface area (Å²) >= 11 is 4.19. The van der Waals surface area contributed by atoms with Crippen molar-refractivity contribution in [3.63, 3.8) is 0 Å². The number of nitrogens with zero attached hydrogens (tertiary/aromatic N) is 3. The standard InChI is InChI=1S/C15H18N4OS/c1-18(2)9-11-3-5-12(6-4-11)13-8-17-19(10-13)15(21)7-14(16)20/h3-8,10,21H,9H2,1-2H3,(H2,16,20)/b15-7-. The van der Waals surface area contributed by atoms with E-state index in [9.17, 15) is 4.79 Å². The van der Waals surface area contributed by atoms with E-state index in [0.717, 1.165) is 17.7 Å². The number of amides is 1. The fourth-order valence-corrected chi connectivity index (χ4v) is 2.19. The lowest BCUT2D eigenvalue weighted by atomic mass is 10.1. The van der Waals surface area contributed by atoms with Gasteiger partial charge < -0.3 is 10.6 Å². The number of carbonyl (C=O) groups excluding carboxylic acids is 1. The number of nitrogens with two attached hydrogens (primary N) is 1. The minimum absolute atomic E-state index is 0.387. The fourth-order valence-electron chi connectivity index (χ4n) is 1.96. The Hall–Kier alpha value is -2.05. The number of thiol groups is 1. The molecule has 1 amide bonds. The van der Waals surface area contributed by atoms with Gasteiger partial charge in [0.1, 0.15) is 0 Å². The summed E-state index contributed by atoms with van der Waals surface area (Å²) in [5.74, 6) is -0.551. The van der Waals surface area contributed by atoms with Crippen LogP contribution in [0.1, 0.15) is 5.56 Å². The van der Waals surface area contributed by atoms with Crippen LogP contribution in [0.25, 0.3) is 16.2 Å². The second-order valence-electron chi connectivity index (χ2n) is 5.01. The number of benzene rings is 1. The summed E-state index contributed by atoms with van der Waals surface area (Å²) in [4.78, 5) is 13.0. The van der Waals surface area contributed by atoms with Crippen molar-refractivity contribution in [3.05, 3.63) is 48.3 Å². The van der Waals surface area contributed by atoms with Gasteiger partial charge in [-0.15, -0.1) is 12.6 Å². The van der Waals surface area contributed by atoms with Gasteiger partial charge in [0.2, 0.25) is 5.91 Å². The average Bonchev–Trinajstić information content (AvgIpc) is 2.87. The van der Waals surface area contributed by atoms with Gasteiger partial charge in [0.15, 0.2) is 0 Å². The van der Waals surface area contributed by atoms with Crippen molar-refractivity contribution >= 4 is 23.6 Å². The Bertz CT molecular complexity index is 659. The van der Waals surface area contributed by atoms with Gasteiger partial charge >= 0.3 is 0 Å². The molecule has 110 valence electrons. The largest absolute Gasteiger partial charge is 0.366 e. The summed E-state index contributed by atoms with van der Waals surface area (Å²) in [6, 6.07) is 8.29. The van der Waals surface area contributed by atoms with E-state index < -0.39 is 5.91 Å². The van der Waals surface area contributed by atoms with Crippen LogP contribution in [0.3, 0.4) is 0 Å². The van der Waals surface area contributed by atoms with Crippen molar-refractivity contribution in [2.24, 2.45) is 5.73 Å². The molecule has 1 aromatic carbocycles. The van der Waals surface area contributed by atoms with Crippen molar-refractivity contribution in [1.29, 1.82) is 0 Å². The molecule has 2 rings (SSSR count). The van der Waals surface area contributed by atoms with E-state index in [-0.39, 0.29) is 0 Å². The van der Waals surface area contributed by atoms with Crippen molar-refractivity contribution in [3.8, 4) is 11.1 Å². The molecular formula is C15H18N4OS. The zero-order valence-corrected chi connectivity index (χ0v) is 12.9. The van der Waals surface area contributed by atoms with E-state index in [1.807, 2.05) is 20.3 Å². The third-order valence-electron chi connectivity index (χ3n) is 2.87. The smallest absolute Gasteiger partial charge is 0.244 e. The summed E-state index contributed by atoms with van der Waals surface area (Å²) in [5, 5.41) is 4.56. The molecule has 0 saturated heterocycles. The molecule has 0 atom stereocenters. The molecule has 0 unspecified atom stereocenters. The zero-order valence-electron chi connectivity index (χ0n) is 12.0. The second-order valence-corrected chi connectivity index (χ2v) is 5.47. The normalized spacial score (nSPS) is 11.9. The average molecular weight is 302 g/mol. The van der Waals surface area contributed by atoms with Crippen LogP contribution in [0.4, 0.5) is 0 Å². The van der Waals surface area contributed by atoms with Crippen LogP contribution in [0.5, 0.6) is 0 Å². The predicted molar refractivity (Wildman–Crippen MR) is 87.5 cm³/mol. The highest BCUT2D eigenvalue weighted by atomic mass is 32.1. The highest BCUT2D eigenvalue weighted by Gasteiger charge is 2.04. The SMILES string of the molecule is CN(C)Cc1ccc(-c2cnn(/C(S)=C/C(N)=O)c2)cc1. The van der Waals surface area contributed by atoms with Crippen LogP contribution in [-0.2, 0) is 11.3 Å². The van der Waals surface area contributed by atoms with E-state index in [0.29, 0.717) is 5.03 Å². The van der Waals surface area contributed by atoms with Crippen molar-refractivity contribution in [1.82, 2.24) is 14.7 Å². The molecule has 1 heterocycles. The molecular weight excluding hydrogens is 284 g/mol. The molecule has 21 heavy (non-hydrogen) atoms. The molecule has 0 aliphatic carbocycles. The maximum absolute atomic E-state index is 10.8. The maximum Gasteiger partial charge on any atom is 0.244 e. The van der Waals surface area contributed by atoms with Crippen LogP contribution in [0.2, 0.25) is 0 Å². The Balaban J connectivity index is 2.20. The van der Waals surface area contributed by atoms with E-state index in [1.54, 1.807) is 6.20 Å². The van der Waals surface area contributed by atoms with Gasteiger partial charge in [-0.2, -0.15) is 5.10 Å². The number of hydrogen-bond donors (Lipinski definition) is 2. The Morgan fingerprint density at radius 3 is 2.57 bits per heavy atom. The summed E-state index contributed by atoms with van der Waals surface area (Å²) in [7, 11) is 4.08. The number of hydrogen-bond acceptors (Lipinski definition) is 4. The van der Waals surface area contributed by atoms with E-state index in [2.05, 4.69) is 46.9 Å². The first kappa shape index (κ1) is 15.3. The topological polar surface area (TPSA) is 64.2 Å². The summed E-state index contributed by atoms with van der Waals surface area (Å²) in [6.07, 6.45) is 4.76. The summed E-state index contributed by atoms with van der Waals surface area (Å²) < 4.78 is 1.51. The maximum atomic E-state index is 10.8. The molecule has 0 saturated carbocycles. The quantitative estimate of drug-likeness (QED) is 0.654. The van der Waals surface area contributed by atoms with Crippen LogP contribution < -0.4 is 5.73 Å². The Kier molecular flexibility index (Phi) is 4.82. The molecule has 0 fully saturated rings. The third kappa shape index (κ3) is 4.21. The number of rotatable bonds is 5. The molecule has 2 aromatic rings. The first-order valence-electron chi connectivity index (χ1n) is 6.45. The van der Waals surface area contributed by atoms with Gasteiger partial charge in [0.25, 0.3) is 0 Å². The number of primary amides is 1. The summed E-state index contributed by atoms with van der Waals surface area (Å²) in [6.45, 7) is 0.904. The van der Waals surface area contributed by atoms with Crippen molar-refractivity contribution in [2.75, 3.05) is 14.1 Å². The monoisotopic (exact) mass is 302 g/mol. The molecule has 1 aromatic heterocycles. The minimum Gasteiger partial charge on any atom is -0.366 e. The highest BCUT2D eigenvalue weighted by Crippen LogP contribution is 2.21. The van der Waals surface area contributed by atoms with Gasteiger partial charge in [-0.1, -0.05) is 24.3 Å². The van der Waals surface area contributed by atoms with Crippen LogP contribution in [0.15, 0.2) is 42.7 Å². The van der Waals surface area contributed by atoms with E-state index >= 15 is 0 Å². The van der Waals surface area contributed by atoms with E-state index in [4.69, 9.17) is 5.73 Å². The lowest BCUT2D eigenvalue weighted by Crippen LogP contribution is -2.10. The predicted octanol–water partition coefficient (Wildman–Crippen LogP) is 1.83. The minimum atomic E-state index is -0.551. The Morgan fingerprint density at radius 1 is 1.33 bits per heavy atom. The number of aromatic nitrogens is 2. The molecule has 0 bridgehead atoms. The third-order valence-corrected chi connectivity index (χ3v) is 3.21. The van der Waals surface area contributed by atoms with Gasteiger partial charge in [0.05, 0.1) is 11.2 Å². The van der Waals surface area contributed by atoms with Gasteiger partial charge in [-0.05, 0) is 25.2 Å². The molecule has 6 heteroatoms. The van der Waals surface area contributed by atoms with Crippen LogP contribution in [0, 0.1) is 0 Å². The zero-order chi connectivity index (χ0) is 15.4. The van der Waals surface area contributed by atoms with Crippen molar-refractivity contribution < 1.29 is 4.79 Å². The van der Waals surface area contributed by atoms with Crippen LogP contribution in [-0.4, -0.2) is 34.7 Å². The molecule has 5 nitrogen and oxygen atoms in total. The summed E-state index contributed by atoms with van der Waals surface area (Å²) in [5.41, 5.74) is 8.36. The highest BCUT2D eigenvalue weighted by molar-refractivity contribution is 7.90. The molecule has 0 aliphatic rings. The van der Waals surface area contributed by atoms with Crippen LogP contribution >= 0.6 is 12.6 Å². The number of carbonyl (C=O) groups is 1. The van der Waals surface area contributed by atoms with Crippen molar-refractivity contribution in [2.45, 2.75) is 6.54 Å². The fraction of sp³-hybridized carbons (Fsp3) is 0.200. The molecule has 2 N–H and O–H groups in total. The second kappa shape index (κ2) is 6.60. The van der Waals surface area contributed by atoms with Gasteiger partial charge in [0, 0.05) is 24.4 Å². The molecule has 0 spiro atoms.